The molecular formula is C61H71BrN4O15. The van der Waals surface area contributed by atoms with Gasteiger partial charge in [-0.3, -0.25) is 0 Å². The van der Waals surface area contributed by atoms with E-state index in [-0.39, 0.29) is 19.1 Å². The summed E-state index contributed by atoms with van der Waals surface area (Å²) in [5.74, 6) is 3.39. The van der Waals surface area contributed by atoms with Crippen LogP contribution in [0.25, 0.3) is 0 Å². The second-order valence-electron chi connectivity index (χ2n) is 19.6. The van der Waals surface area contributed by atoms with Gasteiger partial charge in [-0.1, -0.05) is 58.4 Å². The Hall–Kier alpha value is -8.52. The van der Waals surface area contributed by atoms with Crippen LogP contribution in [0.3, 0.4) is 0 Å². The fraction of sp³-hybridized carbons (Fsp3) is 0.344. The number of ether oxygens (including phenoxy) is 8. The van der Waals surface area contributed by atoms with E-state index in [0.29, 0.717) is 55.8 Å². The first-order valence-electron chi connectivity index (χ1n) is 25.9. The number of aliphatic carboxylic acids is 3. The number of carboxylic acid groups (broad SMARTS) is 3. The molecule has 0 bridgehead atoms. The Kier molecular flexibility index (Phi) is 21.4. The summed E-state index contributed by atoms with van der Waals surface area (Å²) < 4.78 is 42.8. The molecule has 0 aromatic heterocycles. The van der Waals surface area contributed by atoms with Crippen molar-refractivity contribution in [2.45, 2.75) is 78.0 Å². The Morgan fingerprint density at radius 3 is 1.59 bits per heavy atom. The van der Waals surface area contributed by atoms with Gasteiger partial charge in [-0.15, -0.1) is 0 Å². The molecule has 4 unspecified atom stereocenters. The number of esters is 1. The first-order chi connectivity index (χ1) is 38.7. The van der Waals surface area contributed by atoms with Crippen LogP contribution in [0.15, 0.2) is 121 Å². The average molecular weight is 1180 g/mol. The summed E-state index contributed by atoms with van der Waals surface area (Å²) in [6.45, 7) is 13.8. The maximum atomic E-state index is 11.7. The molecule has 0 fully saturated rings. The van der Waals surface area contributed by atoms with Gasteiger partial charge in [-0.05, 0) is 148 Å². The summed E-state index contributed by atoms with van der Waals surface area (Å²) >= 11 is 2.94. The maximum Gasteiger partial charge on any atom is 0.349 e. The molecule has 0 radical (unpaired) electrons. The summed E-state index contributed by atoms with van der Waals surface area (Å²) in [5.41, 5.74) is 6.58. The van der Waals surface area contributed by atoms with Gasteiger partial charge < -0.3 is 73.6 Å². The Bertz CT molecular complexity index is 3130. The van der Waals surface area contributed by atoms with E-state index in [0.717, 1.165) is 67.8 Å². The largest absolute Gasteiger partial charge is 0.497 e. The highest BCUT2D eigenvalue weighted by molar-refractivity contribution is 9.08. The van der Waals surface area contributed by atoms with E-state index in [4.69, 9.17) is 43.0 Å². The lowest BCUT2D eigenvalue weighted by Gasteiger charge is -2.40. The van der Waals surface area contributed by atoms with Crippen molar-refractivity contribution in [3.05, 3.63) is 149 Å². The summed E-state index contributed by atoms with van der Waals surface area (Å²) in [7, 11) is 4.87. The SMILES string of the molecule is CBr.CCOC(=O)C1CNc2cc(OC)ccc2O1.COc1ccc(CN2CC(C(=O)O)Oc3ccc(C)cc32)cc1.COc1ccc(CN2CC(C)(C(=O)O)Oc3ccc(C)cc32)cc1.Cc1ccc2c(c1)NCC(C)(C(=O)O)O2. The third kappa shape index (κ3) is 16.1. The van der Waals surface area contributed by atoms with Gasteiger partial charge in [0, 0.05) is 19.2 Å². The molecule has 0 saturated heterocycles. The van der Waals surface area contributed by atoms with Gasteiger partial charge in [0.1, 0.15) is 40.2 Å². The fourth-order valence-electron chi connectivity index (χ4n) is 8.76. The third-order valence-corrected chi connectivity index (χ3v) is 13.2. The minimum absolute atomic E-state index is 0.277. The molecule has 4 aliphatic rings. The van der Waals surface area contributed by atoms with Crippen LogP contribution in [0.4, 0.5) is 22.7 Å². The van der Waals surface area contributed by atoms with Crippen molar-refractivity contribution in [3.63, 3.8) is 0 Å². The number of rotatable bonds is 12. The molecule has 0 saturated carbocycles. The zero-order chi connectivity index (χ0) is 59.0. The van der Waals surface area contributed by atoms with E-state index < -0.39 is 41.3 Å². The maximum absolute atomic E-state index is 11.7. The molecule has 4 aliphatic heterocycles. The first-order valence-corrected chi connectivity index (χ1v) is 27.5. The highest BCUT2D eigenvalue weighted by Gasteiger charge is 2.43. The average Bonchev–Trinajstić information content (AvgIpc) is 3.66. The number of hydrogen-bond acceptors (Lipinski definition) is 16. The van der Waals surface area contributed by atoms with Gasteiger partial charge in [0.25, 0.3) is 0 Å². The number of fused-ring (bicyclic) bond motifs is 4. The number of carboxylic acids is 3. The number of carbonyl (C=O) groups excluding carboxylic acids is 1. The number of carbonyl (C=O) groups is 4. The summed E-state index contributed by atoms with van der Waals surface area (Å²) in [6.07, 6.45) is -1.45. The van der Waals surface area contributed by atoms with Crippen LogP contribution in [-0.2, 0) is 37.0 Å². The molecular weight excluding hydrogens is 1110 g/mol. The summed E-state index contributed by atoms with van der Waals surface area (Å²) in [5, 5.41) is 34.1. The van der Waals surface area contributed by atoms with E-state index in [1.54, 1.807) is 60.3 Å². The zero-order valence-corrected chi connectivity index (χ0v) is 48.8. The molecule has 6 aromatic rings. The van der Waals surface area contributed by atoms with Crippen molar-refractivity contribution in [1.82, 2.24) is 0 Å². The van der Waals surface area contributed by atoms with Crippen molar-refractivity contribution in [2.24, 2.45) is 0 Å². The number of alkyl halides is 1. The van der Waals surface area contributed by atoms with Crippen molar-refractivity contribution >= 4 is 62.6 Å². The Morgan fingerprint density at radius 1 is 0.580 bits per heavy atom. The van der Waals surface area contributed by atoms with Gasteiger partial charge in [-0.2, -0.15) is 0 Å². The van der Waals surface area contributed by atoms with E-state index in [2.05, 4.69) is 31.5 Å². The topological polar surface area (TPSA) is 233 Å². The number of nitrogens with one attached hydrogen (secondary N) is 2. The Labute approximate surface area is 480 Å². The van der Waals surface area contributed by atoms with Crippen LogP contribution in [0.1, 0.15) is 48.6 Å². The number of benzene rings is 6. The third-order valence-electron chi connectivity index (χ3n) is 13.2. The van der Waals surface area contributed by atoms with Crippen LogP contribution in [0, 0.1) is 20.8 Å². The minimum Gasteiger partial charge on any atom is -0.497 e. The van der Waals surface area contributed by atoms with Gasteiger partial charge in [0.15, 0.2) is 0 Å². The molecule has 0 amide bonds. The summed E-state index contributed by atoms with van der Waals surface area (Å²) in [6, 6.07) is 38.2. The highest BCUT2D eigenvalue weighted by atomic mass is 79.9. The molecule has 4 heterocycles. The fourth-order valence-corrected chi connectivity index (χ4v) is 8.76. The smallest absolute Gasteiger partial charge is 0.349 e. The Balaban J connectivity index is 0.000000175. The van der Waals surface area contributed by atoms with E-state index >= 15 is 0 Å². The van der Waals surface area contributed by atoms with Crippen molar-refractivity contribution in [1.29, 1.82) is 0 Å². The molecule has 432 valence electrons. The van der Waals surface area contributed by atoms with Crippen LogP contribution >= 0.6 is 15.9 Å². The first kappa shape index (κ1) is 61.7. The van der Waals surface area contributed by atoms with Crippen LogP contribution in [0.5, 0.6) is 40.2 Å². The molecule has 81 heavy (non-hydrogen) atoms. The molecule has 19 nitrogen and oxygen atoms in total. The second-order valence-corrected chi connectivity index (χ2v) is 19.6. The quantitative estimate of drug-likeness (QED) is 0.0566. The lowest BCUT2D eigenvalue weighted by Crippen LogP contribution is -2.54. The predicted octanol–water partition coefficient (Wildman–Crippen LogP) is 10.2. The van der Waals surface area contributed by atoms with Crippen molar-refractivity contribution < 1.29 is 72.4 Å². The van der Waals surface area contributed by atoms with Crippen LogP contribution in [0.2, 0.25) is 0 Å². The van der Waals surface area contributed by atoms with E-state index in [1.807, 2.05) is 135 Å². The number of methoxy groups -OCH3 is 3. The number of halogens is 1. The van der Waals surface area contributed by atoms with E-state index in [1.165, 1.54) is 0 Å². The second kappa shape index (κ2) is 28.1. The van der Waals surface area contributed by atoms with Crippen LogP contribution in [-0.4, -0.2) is 123 Å². The molecule has 0 spiro atoms. The lowest BCUT2D eigenvalue weighted by atomic mass is 10.0. The van der Waals surface area contributed by atoms with Gasteiger partial charge in [-0.25, -0.2) is 19.2 Å². The number of nitrogens with zero attached hydrogens (tertiary/aromatic N) is 2. The van der Waals surface area contributed by atoms with Crippen molar-refractivity contribution in [2.75, 3.05) is 80.4 Å². The van der Waals surface area contributed by atoms with Gasteiger partial charge in [0.2, 0.25) is 23.4 Å². The molecule has 6 aromatic carbocycles. The highest BCUT2D eigenvalue weighted by Crippen LogP contribution is 2.40. The van der Waals surface area contributed by atoms with Gasteiger partial charge >= 0.3 is 23.9 Å². The number of aryl methyl sites for hydroxylation is 3. The normalized spacial score (nSPS) is 18.5. The lowest BCUT2D eigenvalue weighted by molar-refractivity contribution is -0.154. The standard InChI is InChI=1S/C19H21NO4.C18H19NO4.C12H15NO4.C11H13NO3.CH3Br/c1-13-4-9-17-16(10-13)20(12-19(2,24-17)18(21)22)11-14-5-7-15(23-3)8-6-14;1-12-3-8-16-15(9-12)19(11-17(23-16)18(20)21)10-13-4-6-14(22-2)7-5-13;1-3-16-12(14)11-7-13-9-6-8(15-2)4-5-10(9)17-11;1-7-3-4-9-8(5-7)12-6-11(2,15-9)10(13)14;1-2/h4-10H,11-12H2,1-3H3,(H,21,22);3-9,17H,10-11H2,1-2H3,(H,20,21);4-6,11,13H,3,7H2,1-2H3;3-5,12H,6H2,1-2H3,(H,13,14);1H3. The summed E-state index contributed by atoms with van der Waals surface area (Å²) in [4.78, 5) is 49.6. The van der Waals surface area contributed by atoms with E-state index in [9.17, 15) is 29.4 Å². The molecule has 10 rings (SSSR count). The Morgan fingerprint density at radius 2 is 1.05 bits per heavy atom. The minimum atomic E-state index is -1.27. The molecule has 20 heteroatoms. The van der Waals surface area contributed by atoms with Gasteiger partial charge in [0.05, 0.1) is 76.9 Å². The number of hydrogen-bond donors (Lipinski definition) is 5. The number of anilines is 4. The van der Waals surface area contributed by atoms with Crippen LogP contribution < -0.4 is 53.6 Å². The molecule has 0 aliphatic carbocycles. The predicted molar refractivity (Wildman–Crippen MR) is 313 cm³/mol. The monoisotopic (exact) mass is 1180 g/mol. The van der Waals surface area contributed by atoms with Crippen molar-refractivity contribution in [3.8, 4) is 40.2 Å². The molecule has 4 atom stereocenters. The zero-order valence-electron chi connectivity index (χ0n) is 47.2. The molecule has 5 N–H and O–H groups in total.